The van der Waals surface area contributed by atoms with Crippen molar-refractivity contribution >= 4 is 29.8 Å². The Hall–Kier alpha value is -3.63. The van der Waals surface area contributed by atoms with Gasteiger partial charge in [0.1, 0.15) is 24.2 Å². The Labute approximate surface area is 218 Å². The van der Waals surface area contributed by atoms with E-state index >= 15 is 0 Å². The van der Waals surface area contributed by atoms with Gasteiger partial charge < -0.3 is 30.7 Å². The van der Waals surface area contributed by atoms with Crippen LogP contribution in [0.4, 0.5) is 4.79 Å². The van der Waals surface area contributed by atoms with Crippen molar-refractivity contribution in [1.29, 1.82) is 0 Å². The second-order valence-corrected chi connectivity index (χ2v) is 9.83. The molecule has 0 radical (unpaired) electrons. The normalized spacial score (nSPS) is 12.8. The van der Waals surface area contributed by atoms with Crippen LogP contribution in [0, 0.1) is 0 Å². The lowest BCUT2D eigenvalue weighted by molar-refractivity contribution is -0.146. The van der Waals surface area contributed by atoms with E-state index < -0.39 is 53.5 Å². The third-order valence-electron chi connectivity index (χ3n) is 5.34. The Kier molecular flexibility index (Phi) is 12.0. The number of aryl methyl sites for hydroxylation is 1. The van der Waals surface area contributed by atoms with E-state index in [0.717, 1.165) is 12.0 Å². The van der Waals surface area contributed by atoms with E-state index in [1.165, 1.54) is 12.0 Å². The first kappa shape index (κ1) is 31.4. The van der Waals surface area contributed by atoms with Crippen molar-refractivity contribution in [2.45, 2.75) is 84.5 Å². The van der Waals surface area contributed by atoms with Gasteiger partial charge in [-0.25, -0.2) is 4.79 Å². The van der Waals surface area contributed by atoms with Gasteiger partial charge in [-0.05, 0) is 58.6 Å². The third-order valence-corrected chi connectivity index (χ3v) is 5.34. The van der Waals surface area contributed by atoms with Crippen molar-refractivity contribution < 1.29 is 33.4 Å². The van der Waals surface area contributed by atoms with Crippen molar-refractivity contribution in [1.82, 2.24) is 15.5 Å². The van der Waals surface area contributed by atoms with E-state index in [4.69, 9.17) is 10.5 Å². The number of esters is 1. The number of benzene rings is 1. The highest BCUT2D eigenvalue weighted by molar-refractivity contribution is 5.93. The van der Waals surface area contributed by atoms with Crippen LogP contribution in [0.1, 0.15) is 71.6 Å². The van der Waals surface area contributed by atoms with E-state index in [1.807, 2.05) is 19.1 Å². The molecule has 1 rings (SSSR count). The summed E-state index contributed by atoms with van der Waals surface area (Å²) < 4.78 is 9.90. The molecule has 0 fully saturated rings. The van der Waals surface area contributed by atoms with Crippen LogP contribution in [0.5, 0.6) is 0 Å². The van der Waals surface area contributed by atoms with E-state index in [9.17, 15) is 24.0 Å². The molecule has 2 unspecified atom stereocenters. The first-order chi connectivity index (χ1) is 17.2. The number of nitrogens with two attached hydrogens (primary N) is 1. The minimum absolute atomic E-state index is 0.0953. The molecule has 11 heteroatoms. The molecular formula is C26H40N4O7. The number of alkyl carbamates (subject to hydrolysis) is 1. The van der Waals surface area contributed by atoms with Crippen LogP contribution >= 0.6 is 0 Å². The highest BCUT2D eigenvalue weighted by atomic mass is 16.6. The van der Waals surface area contributed by atoms with Gasteiger partial charge in [-0.3, -0.25) is 19.2 Å². The van der Waals surface area contributed by atoms with E-state index in [0.29, 0.717) is 5.56 Å². The molecule has 0 aromatic heterocycles. The standard InChI is InChI=1S/C26H40N4O7/c1-8-17-9-11-18(12-10-17)22(23(33)28-15-21(32)36-7)30(16(2)3)24(34)19(13-14-20(27)31)29-25(35)37-26(4,5)6/h9-12,16,19,22H,8,13-15H2,1-7H3,(H2,27,31)(H,28,33)(H,29,35). The zero-order valence-electron chi connectivity index (χ0n) is 22.8. The first-order valence-electron chi connectivity index (χ1n) is 12.2. The topological polar surface area (TPSA) is 157 Å². The summed E-state index contributed by atoms with van der Waals surface area (Å²) in [7, 11) is 1.20. The molecule has 0 heterocycles. The Bertz CT molecular complexity index is 955. The van der Waals surface area contributed by atoms with E-state index in [2.05, 4.69) is 15.4 Å². The Morgan fingerprint density at radius 3 is 2.11 bits per heavy atom. The molecule has 0 bridgehead atoms. The third kappa shape index (κ3) is 10.5. The zero-order valence-corrected chi connectivity index (χ0v) is 22.8. The summed E-state index contributed by atoms with van der Waals surface area (Å²) in [4.78, 5) is 64.2. The first-order valence-corrected chi connectivity index (χ1v) is 12.2. The Balaban J connectivity index is 3.47. The van der Waals surface area contributed by atoms with E-state index in [-0.39, 0.29) is 19.4 Å². The number of rotatable bonds is 12. The average Bonchev–Trinajstić information content (AvgIpc) is 2.81. The summed E-state index contributed by atoms with van der Waals surface area (Å²) in [5.41, 5.74) is 6.02. The maximum atomic E-state index is 13.9. The number of amides is 4. The summed E-state index contributed by atoms with van der Waals surface area (Å²) in [6, 6.07) is 4.33. The monoisotopic (exact) mass is 520 g/mol. The molecule has 1 aromatic rings. The van der Waals surface area contributed by atoms with Gasteiger partial charge in [0.15, 0.2) is 0 Å². The number of hydrogen-bond donors (Lipinski definition) is 3. The summed E-state index contributed by atoms with van der Waals surface area (Å²) in [5.74, 6) is -2.52. The number of nitrogens with zero attached hydrogens (tertiary/aromatic N) is 1. The Morgan fingerprint density at radius 2 is 1.65 bits per heavy atom. The van der Waals surface area contributed by atoms with Crippen molar-refractivity contribution in [3.63, 3.8) is 0 Å². The second-order valence-electron chi connectivity index (χ2n) is 9.83. The van der Waals surface area contributed by atoms with Crippen LogP contribution in [0.2, 0.25) is 0 Å². The number of carbonyl (C=O) groups is 5. The van der Waals surface area contributed by atoms with E-state index in [1.54, 1.807) is 46.8 Å². The molecular weight excluding hydrogens is 480 g/mol. The minimum Gasteiger partial charge on any atom is -0.468 e. The molecule has 11 nitrogen and oxygen atoms in total. The summed E-state index contributed by atoms with van der Waals surface area (Å²) >= 11 is 0. The van der Waals surface area contributed by atoms with Gasteiger partial charge in [-0.2, -0.15) is 0 Å². The summed E-state index contributed by atoms with van der Waals surface area (Å²) in [6.07, 6.45) is -0.343. The lowest BCUT2D eigenvalue weighted by Gasteiger charge is -2.37. The largest absolute Gasteiger partial charge is 0.468 e. The molecule has 37 heavy (non-hydrogen) atoms. The number of ether oxygens (including phenoxy) is 2. The van der Waals surface area contributed by atoms with Gasteiger partial charge in [-0.1, -0.05) is 31.2 Å². The summed E-state index contributed by atoms with van der Waals surface area (Å²) in [5, 5.41) is 5.04. The van der Waals surface area contributed by atoms with Gasteiger partial charge >= 0.3 is 12.1 Å². The van der Waals surface area contributed by atoms with Crippen LogP contribution in [-0.2, 0) is 35.1 Å². The molecule has 0 spiro atoms. The molecule has 0 aliphatic heterocycles. The van der Waals surface area contributed by atoms with Crippen molar-refractivity contribution in [2.24, 2.45) is 5.73 Å². The molecule has 206 valence electrons. The van der Waals surface area contributed by atoms with Crippen molar-refractivity contribution in [2.75, 3.05) is 13.7 Å². The minimum atomic E-state index is -1.20. The van der Waals surface area contributed by atoms with Crippen LogP contribution in [0.15, 0.2) is 24.3 Å². The zero-order chi connectivity index (χ0) is 28.3. The number of carbonyl (C=O) groups excluding carboxylic acids is 5. The molecule has 0 saturated heterocycles. The van der Waals surface area contributed by atoms with Crippen molar-refractivity contribution in [3.05, 3.63) is 35.4 Å². The van der Waals surface area contributed by atoms with Crippen LogP contribution in [-0.4, -0.2) is 66.0 Å². The molecule has 2 atom stereocenters. The molecule has 4 amide bonds. The molecule has 4 N–H and O–H groups in total. The SMILES string of the molecule is CCc1ccc(C(C(=O)NCC(=O)OC)N(C(=O)C(CCC(N)=O)NC(=O)OC(C)(C)C)C(C)C)cc1. The molecule has 0 aliphatic rings. The Morgan fingerprint density at radius 1 is 1.05 bits per heavy atom. The number of primary amides is 1. The smallest absolute Gasteiger partial charge is 0.408 e. The number of hydrogen-bond acceptors (Lipinski definition) is 7. The molecule has 0 aliphatic carbocycles. The fourth-order valence-electron chi connectivity index (χ4n) is 3.56. The van der Waals surface area contributed by atoms with Gasteiger partial charge in [0.25, 0.3) is 0 Å². The van der Waals surface area contributed by atoms with Crippen LogP contribution in [0.25, 0.3) is 0 Å². The lowest BCUT2D eigenvalue weighted by atomic mass is 9.98. The molecule has 1 aromatic carbocycles. The second kappa shape index (κ2) is 14.2. The fourth-order valence-corrected chi connectivity index (χ4v) is 3.56. The quantitative estimate of drug-likeness (QED) is 0.356. The van der Waals surface area contributed by atoms with Gasteiger partial charge in [-0.15, -0.1) is 0 Å². The van der Waals surface area contributed by atoms with Gasteiger partial charge in [0.05, 0.1) is 7.11 Å². The van der Waals surface area contributed by atoms with Gasteiger partial charge in [0, 0.05) is 12.5 Å². The maximum Gasteiger partial charge on any atom is 0.408 e. The highest BCUT2D eigenvalue weighted by Crippen LogP contribution is 2.26. The number of methoxy groups -OCH3 is 1. The lowest BCUT2D eigenvalue weighted by Crippen LogP contribution is -2.55. The maximum absolute atomic E-state index is 13.9. The predicted octanol–water partition coefficient (Wildman–Crippen LogP) is 1.98. The predicted molar refractivity (Wildman–Crippen MR) is 137 cm³/mol. The number of nitrogens with one attached hydrogen (secondary N) is 2. The average molecular weight is 521 g/mol. The van der Waals surface area contributed by atoms with Crippen molar-refractivity contribution in [3.8, 4) is 0 Å². The fraction of sp³-hybridized carbons (Fsp3) is 0.577. The van der Waals surface area contributed by atoms with Crippen LogP contribution in [0.3, 0.4) is 0 Å². The highest BCUT2D eigenvalue weighted by Gasteiger charge is 2.38. The summed E-state index contributed by atoms with van der Waals surface area (Å²) in [6.45, 7) is 10.1. The van der Waals surface area contributed by atoms with Gasteiger partial charge in [0.2, 0.25) is 17.7 Å². The molecule has 0 saturated carbocycles. The van der Waals surface area contributed by atoms with Crippen LogP contribution < -0.4 is 16.4 Å².